The molecule has 0 radical (unpaired) electrons. The lowest BCUT2D eigenvalue weighted by molar-refractivity contribution is 0.0946. The summed E-state index contributed by atoms with van der Waals surface area (Å²) in [7, 11) is 4.78. The summed E-state index contributed by atoms with van der Waals surface area (Å²) >= 11 is 1.35. The third-order valence-corrected chi connectivity index (χ3v) is 4.72. The van der Waals surface area contributed by atoms with Gasteiger partial charge in [-0.25, -0.2) is 4.98 Å². The molecule has 0 atom stereocenters. The summed E-state index contributed by atoms with van der Waals surface area (Å²) in [6, 6.07) is 13.0. The van der Waals surface area contributed by atoms with Crippen molar-refractivity contribution in [2.24, 2.45) is 0 Å². The highest BCUT2D eigenvalue weighted by molar-refractivity contribution is 7.14. The minimum absolute atomic E-state index is 0.237. The molecule has 1 aromatic heterocycles. The normalized spacial score (nSPS) is 10.2. The molecule has 28 heavy (non-hydrogen) atoms. The predicted molar refractivity (Wildman–Crippen MR) is 109 cm³/mol. The number of nitrogens with zero attached hydrogens (tertiary/aromatic N) is 1. The van der Waals surface area contributed by atoms with Crippen LogP contribution in [0.1, 0.15) is 16.1 Å². The molecule has 2 aromatic carbocycles. The summed E-state index contributed by atoms with van der Waals surface area (Å²) in [5.41, 5.74) is 2.10. The van der Waals surface area contributed by atoms with Crippen molar-refractivity contribution in [3.05, 3.63) is 59.1 Å². The molecule has 0 saturated heterocycles. The van der Waals surface area contributed by atoms with Gasteiger partial charge in [-0.15, -0.1) is 11.3 Å². The molecule has 146 valence electrons. The average Bonchev–Trinajstić information content (AvgIpc) is 3.20. The number of carbonyl (C=O) groups excluding carboxylic acids is 1. The fourth-order valence-electron chi connectivity index (χ4n) is 2.53. The van der Waals surface area contributed by atoms with Gasteiger partial charge in [0.2, 0.25) is 0 Å². The number of thiazole rings is 1. The van der Waals surface area contributed by atoms with Gasteiger partial charge in [0, 0.05) is 23.7 Å². The van der Waals surface area contributed by atoms with Crippen LogP contribution in [0.15, 0.2) is 47.8 Å². The van der Waals surface area contributed by atoms with Crippen LogP contribution in [0.2, 0.25) is 0 Å². The van der Waals surface area contributed by atoms with Gasteiger partial charge in [-0.2, -0.15) is 0 Å². The molecule has 1 heterocycles. The molecular formula is C20H21N3O4S. The van der Waals surface area contributed by atoms with E-state index in [1.54, 1.807) is 32.8 Å². The molecule has 0 saturated carbocycles. The first kappa shape index (κ1) is 19.5. The topological polar surface area (TPSA) is 81.7 Å². The van der Waals surface area contributed by atoms with Gasteiger partial charge in [-0.3, -0.25) is 4.79 Å². The Labute approximate surface area is 167 Å². The second kappa shape index (κ2) is 9.09. The zero-order chi connectivity index (χ0) is 19.9. The highest BCUT2D eigenvalue weighted by Crippen LogP contribution is 2.31. The third-order valence-electron chi connectivity index (χ3n) is 3.96. The lowest BCUT2D eigenvalue weighted by atomic mass is 10.2. The minimum atomic E-state index is -0.237. The maximum absolute atomic E-state index is 12.4. The first-order valence-corrected chi connectivity index (χ1v) is 9.36. The number of ether oxygens (including phenoxy) is 3. The maximum atomic E-state index is 12.4. The number of hydrogen-bond acceptors (Lipinski definition) is 7. The zero-order valence-corrected chi connectivity index (χ0v) is 16.6. The zero-order valence-electron chi connectivity index (χ0n) is 15.8. The van der Waals surface area contributed by atoms with E-state index in [1.165, 1.54) is 11.3 Å². The Morgan fingerprint density at radius 3 is 2.61 bits per heavy atom. The van der Waals surface area contributed by atoms with E-state index < -0.39 is 0 Å². The highest BCUT2D eigenvalue weighted by atomic mass is 32.1. The van der Waals surface area contributed by atoms with Crippen molar-refractivity contribution >= 4 is 28.1 Å². The largest absolute Gasteiger partial charge is 0.497 e. The van der Waals surface area contributed by atoms with Crippen LogP contribution in [0, 0.1) is 0 Å². The van der Waals surface area contributed by atoms with Crippen LogP contribution in [0.3, 0.4) is 0 Å². The van der Waals surface area contributed by atoms with Crippen LogP contribution in [-0.2, 0) is 6.54 Å². The summed E-state index contributed by atoms with van der Waals surface area (Å²) < 4.78 is 15.7. The van der Waals surface area contributed by atoms with Gasteiger partial charge in [-0.05, 0) is 29.8 Å². The third kappa shape index (κ3) is 4.72. The van der Waals surface area contributed by atoms with Gasteiger partial charge < -0.3 is 24.8 Å². The molecule has 0 aliphatic heterocycles. The van der Waals surface area contributed by atoms with E-state index in [9.17, 15) is 4.79 Å². The molecule has 7 nitrogen and oxygen atoms in total. The van der Waals surface area contributed by atoms with E-state index >= 15 is 0 Å². The lowest BCUT2D eigenvalue weighted by Gasteiger charge is -2.09. The molecule has 8 heteroatoms. The smallest absolute Gasteiger partial charge is 0.271 e. The summed E-state index contributed by atoms with van der Waals surface area (Å²) in [5.74, 6) is 1.77. The number of hydrogen-bond donors (Lipinski definition) is 2. The molecule has 1 amide bonds. The quantitative estimate of drug-likeness (QED) is 0.599. The standard InChI is InChI=1S/C20H21N3O4S/c1-25-15-6-4-5-13(9-15)11-21-19(24)16-12-28-20(23-16)22-14-7-8-17(26-2)18(10-14)27-3/h4-10,12H,11H2,1-3H3,(H,21,24)(H,22,23). The van der Waals surface area contributed by atoms with Gasteiger partial charge >= 0.3 is 0 Å². The Morgan fingerprint density at radius 1 is 1.04 bits per heavy atom. The van der Waals surface area contributed by atoms with Gasteiger partial charge in [0.15, 0.2) is 16.6 Å². The van der Waals surface area contributed by atoms with E-state index in [0.717, 1.165) is 17.0 Å². The van der Waals surface area contributed by atoms with Gasteiger partial charge in [-0.1, -0.05) is 12.1 Å². The van der Waals surface area contributed by atoms with E-state index in [2.05, 4.69) is 15.6 Å². The van der Waals surface area contributed by atoms with Crippen molar-refractivity contribution in [1.29, 1.82) is 0 Å². The summed E-state index contributed by atoms with van der Waals surface area (Å²) in [5, 5.41) is 8.35. The fourth-order valence-corrected chi connectivity index (χ4v) is 3.24. The number of anilines is 2. The van der Waals surface area contributed by atoms with Gasteiger partial charge in [0.1, 0.15) is 11.4 Å². The lowest BCUT2D eigenvalue weighted by Crippen LogP contribution is -2.23. The Morgan fingerprint density at radius 2 is 1.86 bits per heavy atom. The number of rotatable bonds is 8. The molecule has 0 bridgehead atoms. The number of carbonyl (C=O) groups is 1. The summed E-state index contributed by atoms with van der Waals surface area (Å²) in [6.45, 7) is 0.395. The highest BCUT2D eigenvalue weighted by Gasteiger charge is 2.12. The van der Waals surface area contributed by atoms with Crippen LogP contribution in [0.5, 0.6) is 17.2 Å². The Hall–Kier alpha value is -3.26. The van der Waals surface area contributed by atoms with Crippen LogP contribution < -0.4 is 24.8 Å². The second-order valence-corrected chi connectivity index (χ2v) is 6.62. The van der Waals surface area contributed by atoms with Crippen molar-refractivity contribution in [2.75, 3.05) is 26.6 Å². The molecule has 3 rings (SSSR count). The average molecular weight is 399 g/mol. The Balaban J connectivity index is 1.62. The van der Waals surface area contributed by atoms with Crippen molar-refractivity contribution in [1.82, 2.24) is 10.3 Å². The number of methoxy groups -OCH3 is 3. The van der Waals surface area contributed by atoms with Crippen LogP contribution in [0.25, 0.3) is 0 Å². The van der Waals surface area contributed by atoms with Gasteiger partial charge in [0.05, 0.1) is 21.3 Å². The monoisotopic (exact) mass is 399 g/mol. The van der Waals surface area contributed by atoms with Gasteiger partial charge in [0.25, 0.3) is 5.91 Å². The molecule has 0 aliphatic carbocycles. The van der Waals surface area contributed by atoms with Crippen molar-refractivity contribution in [2.45, 2.75) is 6.54 Å². The molecule has 0 spiro atoms. The SMILES string of the molecule is COc1cccc(CNC(=O)c2csc(Nc3ccc(OC)c(OC)c3)n2)c1. The number of amides is 1. The number of aromatic nitrogens is 1. The Bertz CT molecular complexity index is 958. The molecule has 3 aromatic rings. The second-order valence-electron chi connectivity index (χ2n) is 5.77. The maximum Gasteiger partial charge on any atom is 0.271 e. The number of nitrogens with one attached hydrogen (secondary N) is 2. The van der Waals surface area contributed by atoms with E-state index in [0.29, 0.717) is 28.9 Å². The van der Waals surface area contributed by atoms with Crippen molar-refractivity contribution in [3.8, 4) is 17.2 Å². The Kier molecular flexibility index (Phi) is 6.33. The van der Waals surface area contributed by atoms with Crippen LogP contribution in [0.4, 0.5) is 10.8 Å². The summed E-state index contributed by atoms with van der Waals surface area (Å²) in [6.07, 6.45) is 0. The molecule has 0 aliphatic rings. The van der Waals surface area contributed by atoms with Crippen molar-refractivity contribution in [3.63, 3.8) is 0 Å². The first-order chi connectivity index (χ1) is 13.6. The molecule has 0 unspecified atom stereocenters. The molecule has 0 fully saturated rings. The summed E-state index contributed by atoms with van der Waals surface area (Å²) in [4.78, 5) is 16.7. The number of benzene rings is 2. The predicted octanol–water partition coefficient (Wildman–Crippen LogP) is 3.84. The van der Waals surface area contributed by atoms with Crippen molar-refractivity contribution < 1.29 is 19.0 Å². The van der Waals surface area contributed by atoms with Crippen LogP contribution in [-0.4, -0.2) is 32.2 Å². The van der Waals surface area contributed by atoms with E-state index in [-0.39, 0.29) is 5.91 Å². The van der Waals surface area contributed by atoms with E-state index in [1.807, 2.05) is 36.4 Å². The molecule has 2 N–H and O–H groups in total. The first-order valence-electron chi connectivity index (χ1n) is 8.48. The van der Waals surface area contributed by atoms with E-state index in [4.69, 9.17) is 14.2 Å². The fraction of sp³-hybridized carbons (Fsp3) is 0.200. The minimum Gasteiger partial charge on any atom is -0.497 e. The molecular weight excluding hydrogens is 378 g/mol. The van der Waals surface area contributed by atoms with Crippen LogP contribution >= 0.6 is 11.3 Å².